The number of halogens is 1. The average Bonchev–Trinajstić information content (AvgIpc) is 3.25. The topological polar surface area (TPSA) is 100 Å². The first-order chi connectivity index (χ1) is 16.6. The molecule has 8 nitrogen and oxygen atoms in total. The van der Waals surface area contributed by atoms with Gasteiger partial charge in [0.25, 0.3) is 11.8 Å². The summed E-state index contributed by atoms with van der Waals surface area (Å²) in [5.41, 5.74) is 2.49. The number of amides is 2. The Hall–Kier alpha value is -3.75. The van der Waals surface area contributed by atoms with E-state index < -0.39 is 11.9 Å². The van der Waals surface area contributed by atoms with Crippen LogP contribution in [0.2, 0.25) is 0 Å². The summed E-state index contributed by atoms with van der Waals surface area (Å²) in [5.74, 6) is -0.413. The number of ether oxygens (including phenoxy) is 1. The minimum absolute atomic E-state index is 0.00830. The van der Waals surface area contributed by atoms with Crippen molar-refractivity contribution in [1.29, 1.82) is 0 Å². The second-order valence-corrected chi connectivity index (χ2v) is 9.97. The molecule has 2 heterocycles. The number of aromatic amines is 1. The van der Waals surface area contributed by atoms with Gasteiger partial charge in [-0.2, -0.15) is 0 Å². The number of nitrogens with one attached hydrogen (secondary N) is 2. The number of benzene rings is 1. The molecule has 2 aliphatic rings. The van der Waals surface area contributed by atoms with Crippen LogP contribution in [-0.4, -0.2) is 51.6 Å². The number of H-pyrrole nitrogens is 1. The molecule has 0 fully saturated rings. The van der Waals surface area contributed by atoms with Crippen LogP contribution < -0.4 is 5.32 Å². The number of hydrogen-bond acceptors (Lipinski definition) is 5. The molecule has 0 saturated carbocycles. The lowest BCUT2D eigenvalue weighted by atomic mass is 9.90. The van der Waals surface area contributed by atoms with Crippen molar-refractivity contribution in [3.05, 3.63) is 82.6 Å². The van der Waals surface area contributed by atoms with Gasteiger partial charge in [0.15, 0.2) is 0 Å². The molecule has 1 aliphatic heterocycles. The van der Waals surface area contributed by atoms with Crippen LogP contribution in [0.4, 0.5) is 4.39 Å². The number of rotatable bonds is 5. The number of carbonyl (C=O) groups is 2. The normalized spacial score (nSPS) is 19.5. The molecule has 4 rings (SSSR count). The smallest absolute Gasteiger partial charge is 0.291 e. The fraction of sp³-hybridized carbons (Fsp3) is 0.385. The van der Waals surface area contributed by atoms with Crippen LogP contribution in [0.1, 0.15) is 55.6 Å². The highest BCUT2D eigenvalue weighted by molar-refractivity contribution is 5.95. The van der Waals surface area contributed by atoms with Gasteiger partial charge in [0.05, 0.1) is 5.70 Å². The van der Waals surface area contributed by atoms with Crippen molar-refractivity contribution in [3.8, 4) is 0 Å². The third-order valence-electron chi connectivity index (χ3n) is 5.88. The van der Waals surface area contributed by atoms with E-state index in [1.165, 1.54) is 6.07 Å². The zero-order valence-electron chi connectivity index (χ0n) is 20.4. The van der Waals surface area contributed by atoms with Crippen LogP contribution in [0.25, 0.3) is 0 Å². The van der Waals surface area contributed by atoms with Crippen LogP contribution in [0, 0.1) is 11.2 Å². The Balaban J connectivity index is 1.41. The Morgan fingerprint density at radius 1 is 1.31 bits per heavy atom. The van der Waals surface area contributed by atoms with Crippen molar-refractivity contribution in [2.24, 2.45) is 5.41 Å². The van der Waals surface area contributed by atoms with E-state index >= 15 is 0 Å². The van der Waals surface area contributed by atoms with E-state index in [1.807, 2.05) is 12.2 Å². The van der Waals surface area contributed by atoms with E-state index in [1.54, 1.807) is 30.1 Å². The SMILES string of the molecule is CN1C(=O)C(NC(=O)c2n[nH]c(Cc3ccccc3F)n2)COC2=C1CC(=CCC(C)(C)C)C=C2. The van der Waals surface area contributed by atoms with E-state index in [2.05, 4.69) is 47.3 Å². The second-order valence-electron chi connectivity index (χ2n) is 9.97. The highest BCUT2D eigenvalue weighted by Gasteiger charge is 2.33. The predicted octanol–water partition coefficient (Wildman–Crippen LogP) is 3.66. The fourth-order valence-electron chi connectivity index (χ4n) is 3.85. The monoisotopic (exact) mass is 479 g/mol. The summed E-state index contributed by atoms with van der Waals surface area (Å²) < 4.78 is 19.8. The fourth-order valence-corrected chi connectivity index (χ4v) is 3.85. The maximum Gasteiger partial charge on any atom is 0.291 e. The summed E-state index contributed by atoms with van der Waals surface area (Å²) in [4.78, 5) is 31.6. The van der Waals surface area contributed by atoms with Gasteiger partial charge in [-0.15, -0.1) is 5.10 Å². The van der Waals surface area contributed by atoms with Crippen LogP contribution in [-0.2, 0) is 16.0 Å². The lowest BCUT2D eigenvalue weighted by Crippen LogP contribution is -2.48. The van der Waals surface area contributed by atoms with Crippen LogP contribution >= 0.6 is 0 Å². The minimum Gasteiger partial charge on any atom is -0.489 e. The van der Waals surface area contributed by atoms with Crippen molar-refractivity contribution < 1.29 is 18.7 Å². The zero-order chi connectivity index (χ0) is 25.2. The van der Waals surface area contributed by atoms with Gasteiger partial charge in [0.1, 0.15) is 30.0 Å². The lowest BCUT2D eigenvalue weighted by Gasteiger charge is -2.25. The molecule has 0 spiro atoms. The van der Waals surface area contributed by atoms with Crippen LogP contribution in [0.5, 0.6) is 0 Å². The number of nitrogens with zero attached hydrogens (tertiary/aromatic N) is 3. The van der Waals surface area contributed by atoms with Gasteiger partial charge in [-0.05, 0) is 35.1 Å². The van der Waals surface area contributed by atoms with Gasteiger partial charge in [-0.3, -0.25) is 14.7 Å². The number of carbonyl (C=O) groups excluding carboxylic acids is 2. The molecule has 1 atom stereocenters. The van der Waals surface area contributed by atoms with Crippen LogP contribution in [0.3, 0.4) is 0 Å². The highest BCUT2D eigenvalue weighted by Crippen LogP contribution is 2.30. The molecule has 1 aromatic heterocycles. The minimum atomic E-state index is -0.901. The Kier molecular flexibility index (Phi) is 6.86. The summed E-state index contributed by atoms with van der Waals surface area (Å²) in [6.45, 7) is 6.52. The van der Waals surface area contributed by atoms with Gasteiger partial charge < -0.3 is 15.0 Å². The quantitative estimate of drug-likeness (QED) is 0.682. The van der Waals surface area contributed by atoms with Gasteiger partial charge >= 0.3 is 0 Å². The van der Waals surface area contributed by atoms with E-state index in [-0.39, 0.29) is 36.0 Å². The standard InChI is InChI=1S/C26H30FN5O3/c1-26(2,3)12-11-16-9-10-21-20(13-16)32(4)25(34)19(15-35-21)28-24(33)23-29-22(30-31-23)14-17-7-5-6-8-18(17)27/h5-11,19H,12-15H2,1-4H3,(H,28,33)(H,29,30,31). The first kappa shape index (κ1) is 24.4. The second kappa shape index (κ2) is 9.85. The molecule has 1 unspecified atom stereocenters. The lowest BCUT2D eigenvalue weighted by molar-refractivity contribution is -0.130. The summed E-state index contributed by atoms with van der Waals surface area (Å²) in [7, 11) is 1.69. The van der Waals surface area contributed by atoms with Gasteiger partial charge in [0.2, 0.25) is 5.82 Å². The molecule has 35 heavy (non-hydrogen) atoms. The molecule has 9 heteroatoms. The van der Waals surface area contributed by atoms with Crippen molar-refractivity contribution in [1.82, 2.24) is 25.4 Å². The van der Waals surface area contributed by atoms with Crippen molar-refractivity contribution in [3.63, 3.8) is 0 Å². The Labute approximate surface area is 204 Å². The van der Waals surface area contributed by atoms with Gasteiger partial charge in [-0.1, -0.05) is 51.1 Å². The Morgan fingerprint density at radius 2 is 2.09 bits per heavy atom. The summed E-state index contributed by atoms with van der Waals surface area (Å²) >= 11 is 0. The maximum atomic E-state index is 13.9. The molecular formula is C26H30FN5O3. The number of aromatic nitrogens is 3. The molecule has 2 amide bonds. The zero-order valence-corrected chi connectivity index (χ0v) is 20.4. The van der Waals surface area contributed by atoms with E-state index in [0.717, 1.165) is 17.7 Å². The molecule has 0 saturated heterocycles. The first-order valence-corrected chi connectivity index (χ1v) is 11.6. The third-order valence-corrected chi connectivity index (χ3v) is 5.88. The van der Waals surface area contributed by atoms with Crippen molar-refractivity contribution in [2.45, 2.75) is 46.1 Å². The summed E-state index contributed by atoms with van der Waals surface area (Å²) in [6, 6.07) is 5.43. The number of likely N-dealkylation sites (N-methyl/N-ethyl adjacent to an activating group) is 1. The molecule has 1 aliphatic carbocycles. The molecule has 2 N–H and O–H groups in total. The van der Waals surface area contributed by atoms with Crippen LogP contribution in [0.15, 0.2) is 59.5 Å². The predicted molar refractivity (Wildman–Crippen MR) is 129 cm³/mol. The Bertz CT molecular complexity index is 1220. The summed E-state index contributed by atoms with van der Waals surface area (Å²) in [5, 5.41) is 9.26. The number of allylic oxidation sites excluding steroid dienone is 4. The molecule has 1 aromatic carbocycles. The third kappa shape index (κ3) is 5.85. The highest BCUT2D eigenvalue weighted by atomic mass is 19.1. The van der Waals surface area contributed by atoms with Crippen molar-refractivity contribution in [2.75, 3.05) is 13.7 Å². The molecule has 0 radical (unpaired) electrons. The Morgan fingerprint density at radius 3 is 2.83 bits per heavy atom. The van der Waals surface area contributed by atoms with Gasteiger partial charge in [-0.25, -0.2) is 9.37 Å². The maximum absolute atomic E-state index is 13.9. The number of hydrogen-bond donors (Lipinski definition) is 2. The largest absolute Gasteiger partial charge is 0.489 e. The average molecular weight is 480 g/mol. The molecule has 0 bridgehead atoms. The van der Waals surface area contributed by atoms with Crippen molar-refractivity contribution >= 4 is 11.8 Å². The van der Waals surface area contributed by atoms with Gasteiger partial charge in [0, 0.05) is 19.9 Å². The molecule has 184 valence electrons. The van der Waals surface area contributed by atoms with E-state index in [4.69, 9.17) is 4.74 Å². The summed E-state index contributed by atoms with van der Waals surface area (Å²) in [6.07, 6.45) is 7.71. The molecule has 2 aromatic rings. The first-order valence-electron chi connectivity index (χ1n) is 11.6. The van der Waals surface area contributed by atoms with E-state index in [9.17, 15) is 14.0 Å². The molecular weight excluding hydrogens is 449 g/mol. The van der Waals surface area contributed by atoms with E-state index in [0.29, 0.717) is 23.6 Å².